The van der Waals surface area contributed by atoms with Crippen LogP contribution in [0.1, 0.15) is 470 Å². The Balaban J connectivity index is 3.34. The van der Waals surface area contributed by atoms with Crippen LogP contribution in [0.25, 0.3) is 0 Å². The molecular weight excluding hydrogens is 1070 g/mol. The van der Waals surface area contributed by atoms with Crippen LogP contribution in [0, 0.1) is 0 Å². The topological polar surface area (TPSA) is 95.9 Å². The van der Waals surface area contributed by atoms with Crippen LogP contribution in [-0.2, 0) is 14.3 Å². The molecule has 0 rings (SSSR count). The third-order valence-corrected chi connectivity index (χ3v) is 19.3. The monoisotopic (exact) mass is 1230 g/mol. The minimum atomic E-state index is -0.842. The molecule has 0 aromatic rings. The molecule has 2 atom stereocenters. The lowest BCUT2D eigenvalue weighted by molar-refractivity contribution is -0.143. The Hall–Kier alpha value is -1.40. The second-order valence-electron chi connectivity index (χ2n) is 28.1. The molecule has 0 heterocycles. The van der Waals surface area contributed by atoms with Crippen LogP contribution in [0.2, 0.25) is 0 Å². The first-order chi connectivity index (χ1) is 43.0. The highest BCUT2D eigenvalue weighted by molar-refractivity contribution is 5.76. The summed E-state index contributed by atoms with van der Waals surface area (Å²) >= 11 is 0. The lowest BCUT2D eigenvalue weighted by Crippen LogP contribution is -2.45. The standard InChI is InChI=1S/C81H159NO5/c1-3-5-7-9-11-13-15-17-19-20-21-22-33-36-39-42-46-49-53-57-61-65-69-73-79(84)78(77-83)82-80(85)74-70-66-62-58-54-50-47-43-40-37-34-31-29-27-25-23-24-26-28-30-32-35-38-41-44-48-52-56-60-64-68-72-76-87-81(86)75-71-67-63-59-55-51-45-18-16-14-12-10-8-6-4-2/h69,73,78-79,83-84H,3-68,70-72,74-77H2,1-2H3,(H,82,85)/b73-69+. The van der Waals surface area contributed by atoms with E-state index in [4.69, 9.17) is 4.74 Å². The summed E-state index contributed by atoms with van der Waals surface area (Å²) in [5.74, 6) is -0.0326. The predicted molar refractivity (Wildman–Crippen MR) is 384 cm³/mol. The van der Waals surface area contributed by atoms with Crippen LogP contribution in [-0.4, -0.2) is 47.4 Å². The fraction of sp³-hybridized carbons (Fsp3) is 0.951. The first-order valence-electron chi connectivity index (χ1n) is 40.5. The first kappa shape index (κ1) is 85.6. The Labute approximate surface area is 546 Å². The summed E-state index contributed by atoms with van der Waals surface area (Å²) in [4.78, 5) is 24.6. The number of allylic oxidation sites excluding steroid dienone is 1. The van der Waals surface area contributed by atoms with Gasteiger partial charge < -0.3 is 20.3 Å². The van der Waals surface area contributed by atoms with Gasteiger partial charge in [-0.15, -0.1) is 0 Å². The van der Waals surface area contributed by atoms with Crippen LogP contribution in [0.4, 0.5) is 0 Å². The van der Waals surface area contributed by atoms with Crippen molar-refractivity contribution in [3.63, 3.8) is 0 Å². The maximum absolute atomic E-state index is 12.6. The van der Waals surface area contributed by atoms with Crippen molar-refractivity contribution in [2.45, 2.75) is 482 Å². The molecule has 0 saturated carbocycles. The molecule has 0 aromatic carbocycles. The molecular formula is C81H159NO5. The Bertz CT molecular complexity index is 1320. The quantitative estimate of drug-likeness (QED) is 0.0320. The predicted octanol–water partition coefficient (Wildman–Crippen LogP) is 26.7. The lowest BCUT2D eigenvalue weighted by atomic mass is 10.0. The molecule has 1 amide bonds. The summed E-state index contributed by atoms with van der Waals surface area (Å²) in [5.41, 5.74) is 0. The van der Waals surface area contributed by atoms with Gasteiger partial charge in [-0.2, -0.15) is 0 Å². The Kier molecular flexibility index (Phi) is 75.8. The number of aliphatic hydroxyl groups is 2. The molecule has 0 bridgehead atoms. The van der Waals surface area contributed by atoms with E-state index in [0.717, 1.165) is 38.5 Å². The van der Waals surface area contributed by atoms with Crippen LogP contribution < -0.4 is 5.32 Å². The summed E-state index contributed by atoms with van der Waals surface area (Å²) in [7, 11) is 0. The van der Waals surface area contributed by atoms with Gasteiger partial charge in [-0.1, -0.05) is 437 Å². The molecule has 518 valence electrons. The van der Waals surface area contributed by atoms with Crippen LogP contribution >= 0.6 is 0 Å². The second kappa shape index (κ2) is 77.1. The van der Waals surface area contributed by atoms with Crippen molar-refractivity contribution in [1.29, 1.82) is 0 Å². The number of carbonyl (C=O) groups is 2. The van der Waals surface area contributed by atoms with E-state index in [0.29, 0.717) is 19.4 Å². The number of hydrogen-bond acceptors (Lipinski definition) is 5. The van der Waals surface area contributed by atoms with E-state index in [2.05, 4.69) is 19.2 Å². The highest BCUT2D eigenvalue weighted by atomic mass is 16.5. The summed E-state index contributed by atoms with van der Waals surface area (Å²) in [5, 5.41) is 23.3. The zero-order chi connectivity index (χ0) is 62.8. The van der Waals surface area contributed by atoms with Gasteiger partial charge in [0.25, 0.3) is 0 Å². The number of carbonyl (C=O) groups excluding carboxylic acids is 2. The van der Waals surface area contributed by atoms with Crippen molar-refractivity contribution in [2.24, 2.45) is 0 Å². The van der Waals surface area contributed by atoms with Crippen molar-refractivity contribution >= 4 is 11.9 Å². The maximum atomic E-state index is 12.6. The van der Waals surface area contributed by atoms with E-state index in [1.54, 1.807) is 6.08 Å². The number of nitrogens with one attached hydrogen (secondary N) is 1. The summed E-state index contributed by atoms with van der Waals surface area (Å²) in [6.07, 6.45) is 97.7. The number of aliphatic hydroxyl groups excluding tert-OH is 2. The number of hydrogen-bond donors (Lipinski definition) is 3. The van der Waals surface area contributed by atoms with E-state index in [-0.39, 0.29) is 18.5 Å². The van der Waals surface area contributed by atoms with Gasteiger partial charge in [-0.3, -0.25) is 9.59 Å². The zero-order valence-corrected chi connectivity index (χ0v) is 59.5. The van der Waals surface area contributed by atoms with Crippen molar-refractivity contribution < 1.29 is 24.5 Å². The van der Waals surface area contributed by atoms with Gasteiger partial charge in [0.15, 0.2) is 0 Å². The average Bonchev–Trinajstić information content (AvgIpc) is 3.54. The Morgan fingerprint density at radius 1 is 0.310 bits per heavy atom. The molecule has 6 nitrogen and oxygen atoms in total. The number of amides is 1. The first-order valence-corrected chi connectivity index (χ1v) is 40.5. The SMILES string of the molecule is CCCCCCCCCCCCCCCCCCCCCCC/C=C/C(O)C(CO)NC(=O)CCCCCCCCCCCCCCCCCCCCCCCCCCCCCCCCCCOC(=O)CCCCCCCCCCCCCCCCC. The molecule has 0 aliphatic rings. The van der Waals surface area contributed by atoms with Crippen LogP contribution in [0.5, 0.6) is 0 Å². The molecule has 0 saturated heterocycles. The van der Waals surface area contributed by atoms with E-state index in [1.807, 2.05) is 6.08 Å². The molecule has 2 unspecified atom stereocenters. The summed E-state index contributed by atoms with van der Waals surface area (Å²) < 4.78 is 5.51. The number of esters is 1. The minimum Gasteiger partial charge on any atom is -0.466 e. The van der Waals surface area contributed by atoms with Gasteiger partial charge in [0, 0.05) is 12.8 Å². The lowest BCUT2D eigenvalue weighted by Gasteiger charge is -2.20. The van der Waals surface area contributed by atoms with Gasteiger partial charge in [0.05, 0.1) is 25.4 Å². The Morgan fingerprint density at radius 3 is 0.782 bits per heavy atom. The fourth-order valence-corrected chi connectivity index (χ4v) is 13.2. The van der Waals surface area contributed by atoms with Crippen LogP contribution in [0.15, 0.2) is 12.2 Å². The molecule has 0 aliphatic carbocycles. The third-order valence-electron chi connectivity index (χ3n) is 19.3. The van der Waals surface area contributed by atoms with Crippen molar-refractivity contribution in [3.05, 3.63) is 12.2 Å². The number of rotatable bonds is 77. The molecule has 0 aliphatic heterocycles. The average molecular weight is 1230 g/mol. The van der Waals surface area contributed by atoms with Crippen molar-refractivity contribution in [1.82, 2.24) is 5.32 Å². The number of ether oxygens (including phenoxy) is 1. The molecule has 3 N–H and O–H groups in total. The van der Waals surface area contributed by atoms with Gasteiger partial charge in [-0.05, 0) is 32.1 Å². The van der Waals surface area contributed by atoms with E-state index in [1.165, 1.54) is 405 Å². The third kappa shape index (κ3) is 73.5. The molecule has 0 radical (unpaired) electrons. The van der Waals surface area contributed by atoms with Gasteiger partial charge in [0.2, 0.25) is 5.91 Å². The van der Waals surface area contributed by atoms with Gasteiger partial charge in [-0.25, -0.2) is 0 Å². The van der Waals surface area contributed by atoms with Crippen molar-refractivity contribution in [3.8, 4) is 0 Å². The summed E-state index contributed by atoms with van der Waals surface area (Å²) in [6.45, 7) is 4.97. The fourth-order valence-electron chi connectivity index (χ4n) is 13.2. The molecule has 87 heavy (non-hydrogen) atoms. The highest BCUT2D eigenvalue weighted by Crippen LogP contribution is 2.20. The minimum absolute atomic E-state index is 0.0252. The molecule has 0 aromatic heterocycles. The smallest absolute Gasteiger partial charge is 0.305 e. The van der Waals surface area contributed by atoms with Crippen LogP contribution in [0.3, 0.4) is 0 Å². The molecule has 0 fully saturated rings. The van der Waals surface area contributed by atoms with Crippen molar-refractivity contribution in [2.75, 3.05) is 13.2 Å². The Morgan fingerprint density at radius 2 is 0.529 bits per heavy atom. The maximum Gasteiger partial charge on any atom is 0.305 e. The summed E-state index contributed by atoms with van der Waals surface area (Å²) in [6, 6.07) is -0.625. The molecule has 6 heteroatoms. The van der Waals surface area contributed by atoms with Gasteiger partial charge in [0.1, 0.15) is 0 Å². The highest BCUT2D eigenvalue weighted by Gasteiger charge is 2.18. The second-order valence-corrected chi connectivity index (χ2v) is 28.1. The normalized spacial score (nSPS) is 12.5. The number of unbranched alkanes of at least 4 members (excludes halogenated alkanes) is 66. The van der Waals surface area contributed by atoms with E-state index in [9.17, 15) is 19.8 Å². The van der Waals surface area contributed by atoms with E-state index < -0.39 is 12.1 Å². The van der Waals surface area contributed by atoms with Gasteiger partial charge >= 0.3 is 5.97 Å². The zero-order valence-electron chi connectivity index (χ0n) is 59.5. The largest absolute Gasteiger partial charge is 0.466 e. The molecule has 0 spiro atoms. The van der Waals surface area contributed by atoms with E-state index >= 15 is 0 Å².